The molecular weight excluding hydrogens is 318 g/mol. The first-order chi connectivity index (χ1) is 12.8. The molecule has 0 atom stereocenters. The minimum Gasteiger partial charge on any atom is -0.453 e. The third-order valence-electron chi connectivity index (χ3n) is 5.24. The average molecular weight is 351 g/mol. The van der Waals surface area contributed by atoms with Gasteiger partial charge in [0.15, 0.2) is 11.5 Å². The summed E-state index contributed by atoms with van der Waals surface area (Å²) >= 11 is 0. The lowest BCUT2D eigenvalue weighted by Crippen LogP contribution is -2.07. The summed E-state index contributed by atoms with van der Waals surface area (Å²) in [6, 6.07) is 12.5. The van der Waals surface area contributed by atoms with Crippen LogP contribution in [0.2, 0.25) is 0 Å². The Labute approximate surface area is 159 Å². The van der Waals surface area contributed by atoms with Crippen LogP contribution in [-0.4, -0.2) is 0 Å². The lowest BCUT2D eigenvalue weighted by atomic mass is 9.94. The molecule has 2 heteroatoms. The molecule has 1 aliphatic heterocycles. The molecule has 0 amide bonds. The van der Waals surface area contributed by atoms with E-state index in [1.807, 2.05) is 24.3 Å². The predicted molar refractivity (Wildman–Crippen MR) is 110 cm³/mol. The highest BCUT2D eigenvalue weighted by Gasteiger charge is 2.22. The first-order valence-electron chi connectivity index (χ1n) is 10.5. The Balaban J connectivity index is 1.81. The number of hydrogen-bond donors (Lipinski definition) is 0. The van der Waals surface area contributed by atoms with E-state index in [0.717, 1.165) is 35.7 Å². The van der Waals surface area contributed by atoms with Crippen LogP contribution in [0.5, 0.6) is 11.5 Å². The summed E-state index contributed by atoms with van der Waals surface area (Å²) in [5, 5.41) is 4.99. The smallest absolute Gasteiger partial charge is 0.153 e. The SMILES string of the molecule is CCCCCCc1ccc2c(c1CCCCCC)[N]c1ccccc1O2. The van der Waals surface area contributed by atoms with Crippen LogP contribution in [0.25, 0.3) is 0 Å². The molecule has 26 heavy (non-hydrogen) atoms. The number of aryl methyl sites for hydroxylation is 1. The second kappa shape index (κ2) is 9.66. The van der Waals surface area contributed by atoms with Crippen LogP contribution >= 0.6 is 0 Å². The molecule has 139 valence electrons. The van der Waals surface area contributed by atoms with E-state index in [-0.39, 0.29) is 0 Å². The van der Waals surface area contributed by atoms with E-state index in [2.05, 4.69) is 26.0 Å². The number of unbranched alkanes of at least 4 members (excludes halogenated alkanes) is 6. The molecule has 0 saturated carbocycles. The van der Waals surface area contributed by atoms with Crippen LogP contribution in [0.4, 0.5) is 11.4 Å². The van der Waals surface area contributed by atoms with E-state index in [1.165, 1.54) is 62.5 Å². The van der Waals surface area contributed by atoms with Crippen molar-refractivity contribution in [1.29, 1.82) is 0 Å². The summed E-state index contributed by atoms with van der Waals surface area (Å²) < 4.78 is 6.15. The van der Waals surface area contributed by atoms with Gasteiger partial charge < -0.3 is 4.74 Å². The molecule has 0 aliphatic carbocycles. The minimum absolute atomic E-state index is 0.868. The lowest BCUT2D eigenvalue weighted by molar-refractivity contribution is 0.469. The number of para-hydroxylation sites is 2. The fraction of sp³-hybridized carbons (Fsp3) is 0.500. The van der Waals surface area contributed by atoms with Gasteiger partial charge in [0.25, 0.3) is 0 Å². The predicted octanol–water partition coefficient (Wildman–Crippen LogP) is 7.61. The first-order valence-corrected chi connectivity index (χ1v) is 10.5. The van der Waals surface area contributed by atoms with Gasteiger partial charge >= 0.3 is 0 Å². The van der Waals surface area contributed by atoms with Gasteiger partial charge in [0.1, 0.15) is 11.4 Å². The number of hydrogen-bond acceptors (Lipinski definition) is 1. The number of rotatable bonds is 10. The Bertz CT molecular complexity index is 707. The summed E-state index contributed by atoms with van der Waals surface area (Å²) in [6.45, 7) is 4.54. The van der Waals surface area contributed by atoms with Crippen molar-refractivity contribution in [3.63, 3.8) is 0 Å². The van der Waals surface area contributed by atoms with Crippen molar-refractivity contribution >= 4 is 11.4 Å². The third-order valence-corrected chi connectivity index (χ3v) is 5.24. The Hall–Kier alpha value is -1.96. The Morgan fingerprint density at radius 2 is 1.46 bits per heavy atom. The van der Waals surface area contributed by atoms with Crippen LogP contribution in [0, 0.1) is 0 Å². The largest absolute Gasteiger partial charge is 0.453 e. The van der Waals surface area contributed by atoms with Gasteiger partial charge in [-0.25, -0.2) is 5.32 Å². The third kappa shape index (κ3) is 4.60. The lowest BCUT2D eigenvalue weighted by Gasteiger charge is -2.24. The molecule has 1 heterocycles. The molecule has 0 spiro atoms. The molecule has 0 bridgehead atoms. The van der Waals surface area contributed by atoms with E-state index in [0.29, 0.717) is 0 Å². The molecule has 0 N–H and O–H groups in total. The molecule has 3 rings (SSSR count). The van der Waals surface area contributed by atoms with Crippen LogP contribution in [-0.2, 0) is 12.8 Å². The molecule has 0 fully saturated rings. The van der Waals surface area contributed by atoms with Gasteiger partial charge in [-0.2, -0.15) is 0 Å². The first kappa shape index (κ1) is 18.8. The molecule has 2 aromatic carbocycles. The number of benzene rings is 2. The highest BCUT2D eigenvalue weighted by atomic mass is 16.5. The van der Waals surface area contributed by atoms with Crippen molar-refractivity contribution in [3.05, 3.63) is 47.5 Å². The molecule has 0 saturated heterocycles. The molecule has 1 radical (unpaired) electrons. The summed E-state index contributed by atoms with van der Waals surface area (Å²) in [5.74, 6) is 1.79. The van der Waals surface area contributed by atoms with Crippen LogP contribution in [0.1, 0.15) is 76.3 Å². The fourth-order valence-corrected chi connectivity index (χ4v) is 3.72. The van der Waals surface area contributed by atoms with E-state index < -0.39 is 0 Å². The molecule has 2 aromatic rings. The quantitative estimate of drug-likeness (QED) is 0.345. The van der Waals surface area contributed by atoms with Crippen molar-refractivity contribution in [2.45, 2.75) is 78.1 Å². The molecule has 0 aromatic heterocycles. The fourth-order valence-electron chi connectivity index (χ4n) is 3.72. The normalized spacial score (nSPS) is 12.1. The van der Waals surface area contributed by atoms with Crippen molar-refractivity contribution in [2.24, 2.45) is 0 Å². The summed E-state index contributed by atoms with van der Waals surface area (Å²) in [7, 11) is 0. The van der Waals surface area contributed by atoms with Crippen molar-refractivity contribution in [1.82, 2.24) is 5.32 Å². The number of fused-ring (bicyclic) bond motifs is 2. The summed E-state index contributed by atoms with van der Waals surface area (Å²) in [4.78, 5) is 0. The van der Waals surface area contributed by atoms with E-state index >= 15 is 0 Å². The second-order valence-corrected chi connectivity index (χ2v) is 7.35. The molecule has 1 aliphatic rings. The van der Waals surface area contributed by atoms with Gasteiger partial charge in [-0.3, -0.25) is 0 Å². The second-order valence-electron chi connectivity index (χ2n) is 7.35. The highest BCUT2D eigenvalue weighted by molar-refractivity contribution is 5.71. The zero-order valence-electron chi connectivity index (χ0n) is 16.4. The van der Waals surface area contributed by atoms with E-state index in [9.17, 15) is 0 Å². The standard InChI is InChI=1S/C24H32NO/c1-3-5-7-9-13-19-17-18-23-24(20(19)14-10-8-6-4-2)25-21-15-11-12-16-22(21)26-23/h11-12,15-18H,3-10,13-14H2,1-2H3. The van der Waals surface area contributed by atoms with Gasteiger partial charge in [0.2, 0.25) is 0 Å². The zero-order chi connectivity index (χ0) is 18.2. The molecular formula is C24H32NO. The van der Waals surface area contributed by atoms with Gasteiger partial charge in [-0.05, 0) is 55.0 Å². The van der Waals surface area contributed by atoms with Gasteiger partial charge in [0, 0.05) is 0 Å². The number of ether oxygens (including phenoxy) is 1. The highest BCUT2D eigenvalue weighted by Crippen LogP contribution is 2.45. The minimum atomic E-state index is 0.868. The average Bonchev–Trinajstić information content (AvgIpc) is 2.68. The van der Waals surface area contributed by atoms with Crippen LogP contribution in [0.15, 0.2) is 36.4 Å². The monoisotopic (exact) mass is 350 g/mol. The van der Waals surface area contributed by atoms with Crippen molar-refractivity contribution in [2.75, 3.05) is 0 Å². The van der Waals surface area contributed by atoms with Gasteiger partial charge in [-0.15, -0.1) is 0 Å². The van der Waals surface area contributed by atoms with Crippen LogP contribution < -0.4 is 10.1 Å². The van der Waals surface area contributed by atoms with Gasteiger partial charge in [0.05, 0.1) is 0 Å². The Morgan fingerprint density at radius 3 is 2.23 bits per heavy atom. The van der Waals surface area contributed by atoms with Crippen molar-refractivity contribution in [3.8, 4) is 11.5 Å². The Kier molecular flexibility index (Phi) is 6.99. The Morgan fingerprint density at radius 1 is 0.731 bits per heavy atom. The number of nitrogens with zero attached hydrogens (tertiary/aromatic N) is 1. The maximum atomic E-state index is 6.15. The van der Waals surface area contributed by atoms with E-state index in [1.54, 1.807) is 0 Å². The van der Waals surface area contributed by atoms with Gasteiger partial charge in [-0.1, -0.05) is 70.6 Å². The molecule has 0 unspecified atom stereocenters. The maximum absolute atomic E-state index is 6.15. The van der Waals surface area contributed by atoms with E-state index in [4.69, 9.17) is 10.1 Å². The van der Waals surface area contributed by atoms with Crippen molar-refractivity contribution < 1.29 is 4.74 Å². The summed E-state index contributed by atoms with van der Waals surface area (Å²) in [6.07, 6.45) is 12.6. The van der Waals surface area contributed by atoms with Crippen LogP contribution in [0.3, 0.4) is 0 Å². The summed E-state index contributed by atoms with van der Waals surface area (Å²) in [5.41, 5.74) is 4.93. The zero-order valence-corrected chi connectivity index (χ0v) is 16.4. The topological polar surface area (TPSA) is 23.3 Å². The molecule has 2 nitrogen and oxygen atoms in total. The maximum Gasteiger partial charge on any atom is 0.153 e.